The summed E-state index contributed by atoms with van der Waals surface area (Å²) in [6.07, 6.45) is 15.4. The van der Waals surface area contributed by atoms with Crippen LogP contribution in [0.5, 0.6) is 0 Å². The van der Waals surface area contributed by atoms with E-state index in [-0.39, 0.29) is 0 Å². The number of rotatable bonds is 11. The van der Waals surface area contributed by atoms with Gasteiger partial charge in [-0.2, -0.15) is 0 Å². The molecule has 0 radical (unpaired) electrons. The van der Waals surface area contributed by atoms with E-state index in [4.69, 9.17) is 5.73 Å². The van der Waals surface area contributed by atoms with Crippen LogP contribution in [-0.2, 0) is 6.42 Å². The van der Waals surface area contributed by atoms with Crippen molar-refractivity contribution >= 4 is 28.0 Å². The lowest BCUT2D eigenvalue weighted by atomic mass is 9.89. The van der Waals surface area contributed by atoms with E-state index >= 15 is 0 Å². The Kier molecular flexibility index (Phi) is 15.7. The van der Waals surface area contributed by atoms with E-state index in [1.165, 1.54) is 84.0 Å². The van der Waals surface area contributed by atoms with Crippen molar-refractivity contribution in [2.24, 2.45) is 11.7 Å². The van der Waals surface area contributed by atoms with Gasteiger partial charge in [-0.1, -0.05) is 228 Å². The Morgan fingerprint density at radius 2 is 1.14 bits per heavy atom. The lowest BCUT2D eigenvalue weighted by molar-refractivity contribution is 0.923. The highest BCUT2D eigenvalue weighted by Crippen LogP contribution is 2.35. The molecule has 0 saturated heterocycles. The second-order valence-corrected chi connectivity index (χ2v) is 16.2. The van der Waals surface area contributed by atoms with Crippen LogP contribution in [0.4, 0.5) is 0 Å². The zero-order valence-electron chi connectivity index (χ0n) is 38.1. The van der Waals surface area contributed by atoms with Crippen LogP contribution in [0, 0.1) is 12.8 Å². The molecule has 1 nitrogen and oxygen atoms in total. The molecule has 1 unspecified atom stereocenters. The minimum Gasteiger partial charge on any atom is -0.327 e. The van der Waals surface area contributed by atoms with E-state index in [1.807, 2.05) is 13.8 Å². The third kappa shape index (κ3) is 11.1. The van der Waals surface area contributed by atoms with Gasteiger partial charge in [-0.25, -0.2) is 0 Å². The second kappa shape index (κ2) is 22.3. The summed E-state index contributed by atoms with van der Waals surface area (Å²) >= 11 is 0. The van der Waals surface area contributed by atoms with Crippen LogP contribution in [0.15, 0.2) is 218 Å². The molecule has 8 aromatic carbocycles. The van der Waals surface area contributed by atoms with Crippen LogP contribution in [0.3, 0.4) is 0 Å². The van der Waals surface area contributed by atoms with Gasteiger partial charge in [0.05, 0.1) is 0 Å². The van der Waals surface area contributed by atoms with Crippen LogP contribution < -0.4 is 5.73 Å². The molecule has 0 fully saturated rings. The monoisotopic (exact) mass is 831 g/mol. The Labute approximate surface area is 382 Å². The summed E-state index contributed by atoms with van der Waals surface area (Å²) in [5.41, 5.74) is 25.0. The highest BCUT2D eigenvalue weighted by atomic mass is 14.5. The quantitative estimate of drug-likeness (QED) is 0.129. The Balaban J connectivity index is 0.000000215. The molecule has 9 rings (SSSR count). The number of allylic oxidation sites excluding steroid dienone is 6. The fraction of sp³-hybridized carbons (Fsp3) is 0.143. The van der Waals surface area contributed by atoms with Crippen molar-refractivity contribution in [3.63, 3.8) is 0 Å². The summed E-state index contributed by atoms with van der Waals surface area (Å²) in [4.78, 5) is 0. The van der Waals surface area contributed by atoms with Crippen molar-refractivity contribution < 1.29 is 0 Å². The van der Waals surface area contributed by atoms with E-state index in [0.717, 1.165) is 23.1 Å². The average Bonchev–Trinajstić information content (AvgIpc) is 3.80. The zero-order chi connectivity index (χ0) is 44.7. The largest absolute Gasteiger partial charge is 0.327 e. The van der Waals surface area contributed by atoms with Crippen molar-refractivity contribution in [3.05, 3.63) is 246 Å². The normalized spacial score (nSPS) is 13.2. The molecule has 1 aliphatic rings. The SMILES string of the molecule is CC.CCCc1ccccc1-c1cc(C2=CC=CC2C)ccc1C.NC/C=C(\C=C/c1ccc(-c2ccc3ccccc3c2)cc1)c1cc(-c2ccccc2)cc(-c2ccccc2)c1. The molecule has 0 heterocycles. The highest BCUT2D eigenvalue weighted by molar-refractivity contribution is 5.88. The van der Waals surface area contributed by atoms with Crippen molar-refractivity contribution in [1.82, 2.24) is 0 Å². The molecule has 0 aromatic heterocycles. The zero-order valence-corrected chi connectivity index (χ0v) is 38.1. The molecular formula is C63H61N. The van der Waals surface area contributed by atoms with Gasteiger partial charge in [-0.15, -0.1) is 0 Å². The Morgan fingerprint density at radius 1 is 0.547 bits per heavy atom. The maximum Gasteiger partial charge on any atom is 0.0115 e. The number of nitrogens with two attached hydrogens (primary N) is 1. The fourth-order valence-electron chi connectivity index (χ4n) is 8.44. The average molecular weight is 832 g/mol. The molecule has 64 heavy (non-hydrogen) atoms. The van der Waals surface area contributed by atoms with E-state index in [2.05, 4.69) is 245 Å². The first-order chi connectivity index (χ1) is 31.5. The van der Waals surface area contributed by atoms with E-state index in [0.29, 0.717) is 12.5 Å². The van der Waals surface area contributed by atoms with Crippen molar-refractivity contribution in [2.45, 2.75) is 47.5 Å². The Hall–Kier alpha value is -7.06. The summed E-state index contributed by atoms with van der Waals surface area (Å²) in [6, 6.07) is 67.5. The van der Waals surface area contributed by atoms with Gasteiger partial charge in [0.1, 0.15) is 0 Å². The highest BCUT2D eigenvalue weighted by Gasteiger charge is 2.15. The molecule has 0 amide bonds. The summed E-state index contributed by atoms with van der Waals surface area (Å²) in [5.74, 6) is 0.515. The number of benzene rings is 8. The molecule has 8 aromatic rings. The minimum atomic E-state index is 0.469. The number of hydrogen-bond donors (Lipinski definition) is 1. The summed E-state index contributed by atoms with van der Waals surface area (Å²) < 4.78 is 0. The second-order valence-electron chi connectivity index (χ2n) is 16.2. The molecule has 0 bridgehead atoms. The maximum atomic E-state index is 6.05. The van der Waals surface area contributed by atoms with E-state index in [9.17, 15) is 0 Å². The Morgan fingerprint density at radius 3 is 1.78 bits per heavy atom. The minimum absolute atomic E-state index is 0.469. The molecule has 0 spiro atoms. The molecule has 2 N–H and O–H groups in total. The predicted molar refractivity (Wildman–Crippen MR) is 281 cm³/mol. The molecule has 318 valence electrons. The van der Waals surface area contributed by atoms with Gasteiger partial charge in [0.2, 0.25) is 0 Å². The van der Waals surface area contributed by atoms with Crippen LogP contribution in [0.25, 0.3) is 72.5 Å². The van der Waals surface area contributed by atoms with Crippen LogP contribution in [0.1, 0.15) is 61.9 Å². The third-order valence-electron chi connectivity index (χ3n) is 11.8. The van der Waals surface area contributed by atoms with E-state index in [1.54, 1.807) is 0 Å². The first kappa shape index (κ1) is 45.0. The molecule has 1 heteroatoms. The molecule has 1 aliphatic carbocycles. The number of aryl methyl sites for hydroxylation is 2. The van der Waals surface area contributed by atoms with Gasteiger partial charge in [0, 0.05) is 6.54 Å². The smallest absolute Gasteiger partial charge is 0.0115 e. The third-order valence-corrected chi connectivity index (χ3v) is 11.8. The fourth-order valence-corrected chi connectivity index (χ4v) is 8.44. The lowest BCUT2D eigenvalue weighted by Crippen LogP contribution is -1.96. The topological polar surface area (TPSA) is 26.0 Å². The first-order valence-electron chi connectivity index (χ1n) is 23.0. The summed E-state index contributed by atoms with van der Waals surface area (Å²) in [6.45, 7) is 11.2. The van der Waals surface area contributed by atoms with Crippen LogP contribution in [0.2, 0.25) is 0 Å². The number of hydrogen-bond acceptors (Lipinski definition) is 1. The van der Waals surface area contributed by atoms with Gasteiger partial charge < -0.3 is 5.73 Å². The molecular weight excluding hydrogens is 771 g/mol. The van der Waals surface area contributed by atoms with Gasteiger partial charge in [0.25, 0.3) is 0 Å². The predicted octanol–water partition coefficient (Wildman–Crippen LogP) is 17.1. The van der Waals surface area contributed by atoms with Crippen molar-refractivity contribution in [3.8, 4) is 44.5 Å². The molecule has 0 aliphatic heterocycles. The van der Waals surface area contributed by atoms with Gasteiger partial charge in [-0.3, -0.25) is 0 Å². The number of fused-ring (bicyclic) bond motifs is 1. The van der Waals surface area contributed by atoms with Gasteiger partial charge in [-0.05, 0) is 144 Å². The van der Waals surface area contributed by atoms with Crippen LogP contribution >= 0.6 is 0 Å². The maximum absolute atomic E-state index is 6.05. The van der Waals surface area contributed by atoms with E-state index < -0.39 is 0 Å². The van der Waals surface area contributed by atoms with Gasteiger partial charge in [0.15, 0.2) is 0 Å². The Bertz CT molecular complexity index is 2830. The summed E-state index contributed by atoms with van der Waals surface area (Å²) in [7, 11) is 0. The summed E-state index contributed by atoms with van der Waals surface area (Å²) in [5, 5.41) is 2.52. The lowest BCUT2D eigenvalue weighted by Gasteiger charge is -2.15. The van der Waals surface area contributed by atoms with Crippen LogP contribution in [-0.4, -0.2) is 6.54 Å². The van der Waals surface area contributed by atoms with Crippen molar-refractivity contribution in [2.75, 3.05) is 6.54 Å². The van der Waals surface area contributed by atoms with Gasteiger partial charge >= 0.3 is 0 Å². The molecule has 1 atom stereocenters. The standard InChI is InChI=1S/C39H31N.C22H24.C2H6/c40-24-23-34(20-17-29-15-18-33(19-16-29)36-22-21-32-13-7-8-14-35(32)25-36)39-27-37(30-9-3-1-4-10-30)26-38(28-39)31-11-5-2-6-12-31;1-4-8-18-10-5-6-11-21(18)22-15-19(14-13-17(22)3)20-12-7-9-16(20)2;1-2/h1-23,25-28H,24,40H2;5-7,9-16H,4,8H2,1-3H3;1-2H3/b20-17-,34-23+;;. The molecule has 0 saturated carbocycles. The van der Waals surface area contributed by atoms with Crippen molar-refractivity contribution in [1.29, 1.82) is 0 Å². The first-order valence-corrected chi connectivity index (χ1v) is 23.0.